The molecule has 0 N–H and O–H groups in total. The standard InChI is InChI=1S/C25H47N3O6Si2/c1-7-29-35(30-8-2,31-9-3)19-13-17-26-21-24-15-16-25(28-22-24)23-27-18-14-20-36(32-10-4,33-11-5)34-12-6/h15-16,21-23H,7-14,17-20H2,1-6H3/b26-21+,27-23+. The third-order valence-corrected chi connectivity index (χ3v) is 11.3. The second kappa shape index (κ2) is 19.7. The molecule has 0 spiro atoms. The Bertz CT molecular complexity index is 642. The number of hydrogen-bond acceptors (Lipinski definition) is 9. The Morgan fingerprint density at radius 1 is 0.639 bits per heavy atom. The van der Waals surface area contributed by atoms with Crippen molar-refractivity contribution in [1.82, 2.24) is 4.98 Å². The number of hydrogen-bond donors (Lipinski definition) is 0. The Kier molecular flexibility index (Phi) is 17.9. The summed E-state index contributed by atoms with van der Waals surface area (Å²) in [4.78, 5) is 13.5. The van der Waals surface area contributed by atoms with Gasteiger partial charge in [0.15, 0.2) is 0 Å². The maximum Gasteiger partial charge on any atom is 0.500 e. The monoisotopic (exact) mass is 541 g/mol. The van der Waals surface area contributed by atoms with Crippen LogP contribution in [-0.2, 0) is 26.6 Å². The first-order valence-corrected chi connectivity index (χ1v) is 17.2. The largest absolute Gasteiger partial charge is 0.500 e. The molecule has 0 aliphatic carbocycles. The van der Waals surface area contributed by atoms with Gasteiger partial charge in [-0.05, 0) is 66.5 Å². The minimum Gasteiger partial charge on any atom is -0.374 e. The van der Waals surface area contributed by atoms with Gasteiger partial charge < -0.3 is 26.6 Å². The first kappa shape index (κ1) is 32.7. The molecule has 0 fully saturated rings. The van der Waals surface area contributed by atoms with Crippen LogP contribution in [0.3, 0.4) is 0 Å². The highest BCUT2D eigenvalue weighted by atomic mass is 28.4. The quantitative estimate of drug-likeness (QED) is 0.118. The molecule has 0 atom stereocenters. The molecule has 0 aliphatic rings. The maximum atomic E-state index is 5.89. The fourth-order valence-electron chi connectivity index (χ4n) is 3.67. The molecule has 36 heavy (non-hydrogen) atoms. The SMILES string of the molecule is CCO[Si](CCC/N=C/c1ccc(/C=N/CCC[Si](OCC)(OCC)OCC)nc1)(OCC)OCC. The minimum absolute atomic E-state index is 0.589. The van der Waals surface area contributed by atoms with Gasteiger partial charge in [-0.2, -0.15) is 0 Å². The van der Waals surface area contributed by atoms with Crippen LogP contribution in [0.5, 0.6) is 0 Å². The van der Waals surface area contributed by atoms with Gasteiger partial charge in [-0.1, -0.05) is 0 Å². The van der Waals surface area contributed by atoms with E-state index < -0.39 is 17.6 Å². The lowest BCUT2D eigenvalue weighted by molar-refractivity contribution is 0.0702. The molecule has 1 rings (SSSR count). The summed E-state index contributed by atoms with van der Waals surface area (Å²) in [5.41, 5.74) is 1.77. The van der Waals surface area contributed by atoms with Crippen LogP contribution in [0.15, 0.2) is 28.3 Å². The van der Waals surface area contributed by atoms with E-state index in [-0.39, 0.29) is 0 Å². The van der Waals surface area contributed by atoms with Gasteiger partial charge in [0.2, 0.25) is 0 Å². The van der Waals surface area contributed by atoms with Crippen LogP contribution in [0.25, 0.3) is 0 Å². The molecule has 1 aromatic heterocycles. The summed E-state index contributed by atoms with van der Waals surface area (Å²) in [6, 6.07) is 5.46. The molecule has 0 bridgehead atoms. The van der Waals surface area contributed by atoms with Gasteiger partial charge in [0, 0.05) is 89.0 Å². The Hall–Kier alpha value is -1.32. The second-order valence-electron chi connectivity index (χ2n) is 7.76. The van der Waals surface area contributed by atoms with Crippen LogP contribution >= 0.6 is 0 Å². The summed E-state index contributed by atoms with van der Waals surface area (Å²) < 4.78 is 35.3. The molecule has 0 radical (unpaired) electrons. The van der Waals surface area contributed by atoms with Crippen molar-refractivity contribution in [2.45, 2.75) is 66.5 Å². The van der Waals surface area contributed by atoms with Crippen molar-refractivity contribution in [1.29, 1.82) is 0 Å². The van der Waals surface area contributed by atoms with Crippen molar-refractivity contribution in [2.24, 2.45) is 9.98 Å². The molecule has 0 saturated heterocycles. The normalized spacial score (nSPS) is 12.8. The molecule has 206 valence electrons. The highest BCUT2D eigenvalue weighted by Gasteiger charge is 2.40. The summed E-state index contributed by atoms with van der Waals surface area (Å²) in [5.74, 6) is 0. The summed E-state index contributed by atoms with van der Waals surface area (Å²) in [7, 11) is -5.19. The minimum atomic E-state index is -2.60. The second-order valence-corrected chi connectivity index (χ2v) is 13.2. The van der Waals surface area contributed by atoms with Crippen molar-refractivity contribution in [3.8, 4) is 0 Å². The molecular formula is C25H47N3O6Si2. The van der Waals surface area contributed by atoms with Gasteiger partial charge in [0.05, 0.1) is 5.69 Å². The van der Waals surface area contributed by atoms with E-state index in [0.29, 0.717) is 52.7 Å². The maximum absolute atomic E-state index is 5.89. The van der Waals surface area contributed by atoms with E-state index in [4.69, 9.17) is 26.6 Å². The highest BCUT2D eigenvalue weighted by molar-refractivity contribution is 6.61. The molecular weight excluding hydrogens is 494 g/mol. The number of aromatic nitrogens is 1. The van der Waals surface area contributed by atoms with Gasteiger partial charge in [0.1, 0.15) is 0 Å². The smallest absolute Gasteiger partial charge is 0.374 e. The van der Waals surface area contributed by atoms with Gasteiger partial charge in [0.25, 0.3) is 0 Å². The number of rotatable bonds is 22. The zero-order chi connectivity index (χ0) is 26.5. The third kappa shape index (κ3) is 12.8. The van der Waals surface area contributed by atoms with Crippen molar-refractivity contribution < 1.29 is 26.6 Å². The van der Waals surface area contributed by atoms with E-state index in [2.05, 4.69) is 15.0 Å². The first-order chi connectivity index (χ1) is 17.5. The van der Waals surface area contributed by atoms with Gasteiger partial charge >= 0.3 is 17.6 Å². The summed E-state index contributed by atoms with van der Waals surface area (Å²) in [6.45, 7) is 16.7. The van der Waals surface area contributed by atoms with Crippen LogP contribution < -0.4 is 0 Å². The van der Waals surface area contributed by atoms with Crippen LogP contribution in [0.4, 0.5) is 0 Å². The van der Waals surface area contributed by atoms with Crippen molar-refractivity contribution >= 4 is 30.0 Å². The van der Waals surface area contributed by atoms with E-state index in [1.54, 1.807) is 6.21 Å². The Labute approximate surface area is 220 Å². The van der Waals surface area contributed by atoms with Crippen molar-refractivity contribution in [3.63, 3.8) is 0 Å². The first-order valence-electron chi connectivity index (χ1n) is 13.3. The molecule has 0 saturated carbocycles. The molecule has 0 aromatic carbocycles. The van der Waals surface area contributed by atoms with Crippen LogP contribution in [-0.4, -0.2) is 87.8 Å². The third-order valence-electron chi connectivity index (χ3n) is 5.00. The predicted molar refractivity (Wildman–Crippen MR) is 149 cm³/mol. The molecule has 0 aliphatic heterocycles. The highest BCUT2D eigenvalue weighted by Crippen LogP contribution is 2.19. The van der Waals surface area contributed by atoms with Gasteiger partial charge in [-0.25, -0.2) is 0 Å². The summed E-state index contributed by atoms with van der Waals surface area (Å²) in [5, 5.41) is 0. The van der Waals surface area contributed by atoms with Crippen LogP contribution in [0.1, 0.15) is 65.6 Å². The topological polar surface area (TPSA) is 93.0 Å². The van der Waals surface area contributed by atoms with E-state index >= 15 is 0 Å². The number of nitrogens with zero attached hydrogens (tertiary/aromatic N) is 3. The van der Waals surface area contributed by atoms with Crippen molar-refractivity contribution in [3.05, 3.63) is 29.6 Å². The predicted octanol–water partition coefficient (Wildman–Crippen LogP) is 4.80. The molecule has 1 heterocycles. The average molecular weight is 542 g/mol. The van der Waals surface area contributed by atoms with Crippen LogP contribution in [0, 0.1) is 0 Å². The molecule has 1 aromatic rings. The zero-order valence-corrected chi connectivity index (χ0v) is 25.2. The number of aliphatic imine (C=N–C) groups is 2. The fraction of sp³-hybridized carbons (Fsp3) is 0.720. The number of pyridine rings is 1. The summed E-state index contributed by atoms with van der Waals surface area (Å²) >= 11 is 0. The van der Waals surface area contributed by atoms with Crippen molar-refractivity contribution in [2.75, 3.05) is 52.7 Å². The van der Waals surface area contributed by atoms with E-state index in [0.717, 1.165) is 36.2 Å². The van der Waals surface area contributed by atoms with Gasteiger partial charge in [-0.3, -0.25) is 15.0 Å². The molecule has 0 amide bonds. The Morgan fingerprint density at radius 3 is 1.42 bits per heavy atom. The lowest BCUT2D eigenvalue weighted by Crippen LogP contribution is -2.46. The zero-order valence-electron chi connectivity index (χ0n) is 23.2. The molecule has 0 unspecified atom stereocenters. The Balaban J connectivity index is 2.49. The Morgan fingerprint density at radius 2 is 1.06 bits per heavy atom. The molecule has 9 nitrogen and oxygen atoms in total. The lowest BCUT2D eigenvalue weighted by Gasteiger charge is -2.28. The van der Waals surface area contributed by atoms with E-state index in [1.807, 2.05) is 66.1 Å². The summed E-state index contributed by atoms with van der Waals surface area (Å²) in [6.07, 6.45) is 7.14. The van der Waals surface area contributed by atoms with E-state index in [1.165, 1.54) is 0 Å². The lowest BCUT2D eigenvalue weighted by atomic mass is 10.3. The van der Waals surface area contributed by atoms with Crippen LogP contribution in [0.2, 0.25) is 12.1 Å². The fourth-order valence-corrected chi connectivity index (χ4v) is 8.86. The van der Waals surface area contributed by atoms with Gasteiger partial charge in [-0.15, -0.1) is 0 Å². The average Bonchev–Trinajstić information content (AvgIpc) is 2.85. The molecule has 11 heteroatoms. The van der Waals surface area contributed by atoms with E-state index in [9.17, 15) is 0 Å².